The molecule has 0 atom stereocenters. The van der Waals surface area contributed by atoms with Gasteiger partial charge in [0.25, 0.3) is 0 Å². The van der Waals surface area contributed by atoms with Crippen LogP contribution in [0.25, 0.3) is 0 Å². The van der Waals surface area contributed by atoms with Crippen molar-refractivity contribution in [2.24, 2.45) is 11.8 Å². The van der Waals surface area contributed by atoms with E-state index in [1.807, 2.05) is 52.0 Å². The van der Waals surface area contributed by atoms with Crippen LogP contribution in [0, 0.1) is 11.8 Å². The third kappa shape index (κ3) is 7.04. The molecule has 32 heavy (non-hydrogen) atoms. The maximum absolute atomic E-state index is 12.6. The molecule has 2 saturated heterocycles. The third-order valence-corrected chi connectivity index (χ3v) is 7.29. The van der Waals surface area contributed by atoms with Gasteiger partial charge in [0.15, 0.2) is 0 Å². The van der Waals surface area contributed by atoms with E-state index in [9.17, 15) is 9.59 Å². The van der Waals surface area contributed by atoms with Gasteiger partial charge in [0.1, 0.15) is 11.2 Å². The number of hydrogen-bond donors (Lipinski definition) is 2. The first kappa shape index (κ1) is 24.7. The van der Waals surface area contributed by atoms with Gasteiger partial charge in [0, 0.05) is 37.5 Å². The van der Waals surface area contributed by atoms with Crippen LogP contribution in [0.15, 0.2) is 24.3 Å². The number of carbonyl (C=O) groups excluding carboxylic acids is 2. The fraction of sp³-hybridized carbons (Fsp3) is 0.692. The highest BCUT2D eigenvalue weighted by molar-refractivity contribution is 5.75. The van der Waals surface area contributed by atoms with E-state index in [1.165, 1.54) is 0 Å². The summed E-state index contributed by atoms with van der Waals surface area (Å²) in [5.41, 5.74) is 0.843. The molecule has 2 aliphatic rings. The van der Waals surface area contributed by atoms with E-state index >= 15 is 0 Å². The molecule has 0 aliphatic carbocycles. The smallest absolute Gasteiger partial charge is 0.310 e. The van der Waals surface area contributed by atoms with Gasteiger partial charge in [-0.2, -0.15) is 0 Å². The Labute approximate surface area is 192 Å². The van der Waals surface area contributed by atoms with Gasteiger partial charge in [-0.1, -0.05) is 24.3 Å². The molecule has 178 valence electrons. The van der Waals surface area contributed by atoms with Crippen molar-refractivity contribution < 1.29 is 29.7 Å². The zero-order valence-corrected chi connectivity index (χ0v) is 20.3. The van der Waals surface area contributed by atoms with Crippen LogP contribution in [0.4, 0.5) is 0 Å². The lowest BCUT2D eigenvalue weighted by molar-refractivity contribution is -0.666. The van der Waals surface area contributed by atoms with E-state index in [-0.39, 0.29) is 24.8 Å². The first-order valence-electron chi connectivity index (χ1n) is 12.3. The molecule has 0 bridgehead atoms. The van der Waals surface area contributed by atoms with Crippen LogP contribution in [0.3, 0.4) is 0 Å². The number of benzene rings is 1. The summed E-state index contributed by atoms with van der Waals surface area (Å²) < 4.78 is 11.8. The lowest BCUT2D eigenvalue weighted by atomic mass is 9.83. The average Bonchev–Trinajstić information content (AvgIpc) is 2.74. The summed E-state index contributed by atoms with van der Waals surface area (Å²) in [7, 11) is 0. The minimum atomic E-state index is -0.449. The molecule has 0 radical (unpaired) electrons. The molecule has 3 rings (SSSR count). The van der Waals surface area contributed by atoms with Gasteiger partial charge in [-0.25, -0.2) is 0 Å². The van der Waals surface area contributed by atoms with Gasteiger partial charge < -0.3 is 20.1 Å². The number of piperidine rings is 2. The Morgan fingerprint density at radius 2 is 1.16 bits per heavy atom. The Bertz CT molecular complexity index is 717. The van der Waals surface area contributed by atoms with E-state index in [0.29, 0.717) is 11.8 Å². The van der Waals surface area contributed by atoms with Crippen LogP contribution in [0.5, 0.6) is 0 Å². The number of quaternary nitrogens is 2. The SMILES string of the molecule is CC(C)(OC(=O)Cc1cccc(CC(=O)OC(C)(C)C2CC[NH2+]CC2)c1)C1CC[NH2+]CC1. The van der Waals surface area contributed by atoms with Crippen LogP contribution in [0.1, 0.15) is 64.5 Å². The molecule has 6 nitrogen and oxygen atoms in total. The predicted octanol–water partition coefficient (Wildman–Crippen LogP) is 1.36. The molecular weight excluding hydrogens is 404 g/mol. The molecule has 2 fully saturated rings. The van der Waals surface area contributed by atoms with Crippen molar-refractivity contribution >= 4 is 11.9 Å². The Kier molecular flexibility index (Phi) is 8.34. The number of rotatable bonds is 8. The highest BCUT2D eigenvalue weighted by Crippen LogP contribution is 2.29. The molecular formula is C26H42N2O4+2. The van der Waals surface area contributed by atoms with E-state index < -0.39 is 11.2 Å². The molecule has 0 saturated carbocycles. The summed E-state index contributed by atoms with van der Waals surface area (Å²) in [4.78, 5) is 25.3. The molecule has 1 aromatic carbocycles. The lowest BCUT2D eigenvalue weighted by Crippen LogP contribution is -2.86. The standard InChI is InChI=1S/C26H40N2O4/c1-25(2,21-8-12-27-13-9-21)31-23(29)17-19-6-5-7-20(16-19)18-24(30)32-26(3,4)22-10-14-28-15-11-22/h5-7,16,21-22,27-28H,8-15,17-18H2,1-4H3/p+2. The first-order valence-corrected chi connectivity index (χ1v) is 12.3. The summed E-state index contributed by atoms with van der Waals surface area (Å²) in [6.45, 7) is 12.5. The van der Waals surface area contributed by atoms with Crippen molar-refractivity contribution in [1.82, 2.24) is 0 Å². The van der Waals surface area contributed by atoms with Crippen molar-refractivity contribution in [3.05, 3.63) is 35.4 Å². The Balaban J connectivity index is 1.53. The summed E-state index contributed by atoms with van der Waals surface area (Å²) >= 11 is 0. The highest BCUT2D eigenvalue weighted by atomic mass is 16.6. The van der Waals surface area contributed by atoms with Crippen molar-refractivity contribution in [1.29, 1.82) is 0 Å². The number of ether oxygens (including phenoxy) is 2. The number of hydrogen-bond acceptors (Lipinski definition) is 4. The lowest BCUT2D eigenvalue weighted by Gasteiger charge is -2.35. The van der Waals surface area contributed by atoms with Crippen LogP contribution >= 0.6 is 0 Å². The van der Waals surface area contributed by atoms with Gasteiger partial charge in [0.2, 0.25) is 0 Å². The molecule has 2 aliphatic heterocycles. The maximum Gasteiger partial charge on any atom is 0.310 e. The molecule has 4 N–H and O–H groups in total. The molecule has 0 spiro atoms. The molecule has 0 amide bonds. The molecule has 2 heterocycles. The second-order valence-corrected chi connectivity index (χ2v) is 10.6. The van der Waals surface area contributed by atoms with E-state index in [0.717, 1.165) is 63.0 Å². The molecule has 0 unspecified atom stereocenters. The summed E-state index contributed by atoms with van der Waals surface area (Å²) in [5, 5.41) is 4.64. The summed E-state index contributed by atoms with van der Waals surface area (Å²) in [6.07, 6.45) is 4.74. The van der Waals surface area contributed by atoms with Crippen molar-refractivity contribution in [3.63, 3.8) is 0 Å². The Morgan fingerprint density at radius 1 is 0.781 bits per heavy atom. The quantitative estimate of drug-likeness (QED) is 0.591. The third-order valence-electron chi connectivity index (χ3n) is 7.29. The van der Waals surface area contributed by atoms with Gasteiger partial charge in [-0.05, 0) is 38.8 Å². The van der Waals surface area contributed by atoms with E-state index in [2.05, 4.69) is 10.6 Å². The second-order valence-electron chi connectivity index (χ2n) is 10.6. The van der Waals surface area contributed by atoms with Gasteiger partial charge >= 0.3 is 11.9 Å². The molecule has 1 aromatic rings. The van der Waals surface area contributed by atoms with Gasteiger partial charge in [-0.15, -0.1) is 0 Å². The number of esters is 2. The average molecular weight is 447 g/mol. The second kappa shape index (κ2) is 10.8. The fourth-order valence-electron chi connectivity index (χ4n) is 5.25. The Hall–Kier alpha value is -1.92. The number of nitrogens with two attached hydrogens (primary N) is 2. The molecule has 6 heteroatoms. The van der Waals surface area contributed by atoms with Crippen molar-refractivity contribution in [2.75, 3.05) is 26.2 Å². The van der Waals surface area contributed by atoms with E-state index in [1.54, 1.807) is 0 Å². The monoisotopic (exact) mass is 446 g/mol. The highest BCUT2D eigenvalue weighted by Gasteiger charge is 2.36. The minimum absolute atomic E-state index is 0.209. The minimum Gasteiger partial charge on any atom is -0.459 e. The summed E-state index contributed by atoms with van der Waals surface area (Å²) in [6, 6.07) is 7.66. The zero-order chi connectivity index (χ0) is 23.2. The number of carbonyl (C=O) groups is 2. The first-order chi connectivity index (χ1) is 15.2. The van der Waals surface area contributed by atoms with Crippen LogP contribution < -0.4 is 10.6 Å². The zero-order valence-electron chi connectivity index (χ0n) is 20.3. The predicted molar refractivity (Wildman–Crippen MR) is 123 cm³/mol. The Morgan fingerprint density at radius 3 is 1.53 bits per heavy atom. The largest absolute Gasteiger partial charge is 0.459 e. The van der Waals surface area contributed by atoms with Gasteiger partial charge in [-0.3, -0.25) is 9.59 Å². The molecule has 0 aromatic heterocycles. The maximum atomic E-state index is 12.6. The normalized spacial score (nSPS) is 18.9. The van der Waals surface area contributed by atoms with Crippen LogP contribution in [-0.4, -0.2) is 49.3 Å². The fourth-order valence-corrected chi connectivity index (χ4v) is 5.25. The topological polar surface area (TPSA) is 85.8 Å². The van der Waals surface area contributed by atoms with E-state index in [4.69, 9.17) is 9.47 Å². The van der Waals surface area contributed by atoms with Crippen molar-refractivity contribution in [3.8, 4) is 0 Å². The van der Waals surface area contributed by atoms with Gasteiger partial charge in [0.05, 0.1) is 39.0 Å². The van der Waals surface area contributed by atoms with Crippen molar-refractivity contribution in [2.45, 2.75) is 77.4 Å². The van der Waals surface area contributed by atoms with Crippen LogP contribution in [0.2, 0.25) is 0 Å². The summed E-state index contributed by atoms with van der Waals surface area (Å²) in [5.74, 6) is 0.393. The van der Waals surface area contributed by atoms with Crippen LogP contribution in [-0.2, 0) is 31.9 Å².